The molecule has 5 heteroatoms. The van der Waals surface area contributed by atoms with Gasteiger partial charge in [0.1, 0.15) is 6.54 Å². The Hall–Kier alpha value is -0.480. The molecule has 0 unspecified atom stereocenters. The van der Waals surface area contributed by atoms with Crippen LogP contribution < -0.4 is 29.7 Å². The second-order valence-corrected chi connectivity index (χ2v) is 3.37. The first-order valence-electron chi connectivity index (χ1n) is 4.75. The summed E-state index contributed by atoms with van der Waals surface area (Å²) in [5.41, 5.74) is 4.78. The highest BCUT2D eigenvalue weighted by molar-refractivity contribution is 5.64. The first kappa shape index (κ1) is 16.9. The number of carbonyl (C=O) groups is 1. The molecular weight excluding hydrogens is 307 g/mol. The number of amides is 1. The average Bonchev–Trinajstić information content (AvgIpc) is 2.16. The summed E-state index contributed by atoms with van der Waals surface area (Å²) >= 11 is 0. The van der Waals surface area contributed by atoms with Crippen LogP contribution in [0.15, 0.2) is 0 Å². The summed E-state index contributed by atoms with van der Waals surface area (Å²) < 4.78 is 5.39. The zero-order valence-corrected chi connectivity index (χ0v) is 11.7. The van der Waals surface area contributed by atoms with Crippen LogP contribution in [0.25, 0.3) is 0 Å². The Balaban J connectivity index is 0. The van der Waals surface area contributed by atoms with E-state index in [2.05, 4.69) is 37.5 Å². The van der Waals surface area contributed by atoms with Crippen LogP contribution in [0.1, 0.15) is 13.8 Å². The van der Waals surface area contributed by atoms with Crippen LogP contribution in [0, 0.1) is 11.8 Å². The quantitative estimate of drug-likeness (QED) is 0.355. The first-order valence-corrected chi connectivity index (χ1v) is 4.75. The fourth-order valence-electron chi connectivity index (χ4n) is 0.852. The molecule has 0 saturated carbocycles. The fraction of sp³-hybridized carbons (Fsp3) is 0.700. The lowest BCUT2D eigenvalue weighted by Gasteiger charge is -2.29. The third-order valence-electron chi connectivity index (χ3n) is 2.40. The second kappa shape index (κ2) is 8.80. The van der Waals surface area contributed by atoms with Gasteiger partial charge in [-0.2, -0.15) is 0 Å². The number of hydrogen-bond acceptors (Lipinski definition) is 2. The standard InChI is InChI=1S/C10H18N2O2.HI/c1-4-12(3,5-2)8-6-7-9-14-10(11)13;/h4-5,8-9H2,1-3H3,(H-,11,13);1H. The predicted molar refractivity (Wildman–Crippen MR) is 55.4 cm³/mol. The average molecular weight is 326 g/mol. The van der Waals surface area contributed by atoms with Gasteiger partial charge in [-0.25, -0.2) is 4.79 Å². The molecule has 0 heterocycles. The highest BCUT2D eigenvalue weighted by Gasteiger charge is 2.13. The molecule has 0 fully saturated rings. The Bertz CT molecular complexity index is 242. The van der Waals surface area contributed by atoms with E-state index in [0.717, 1.165) is 24.1 Å². The number of nitrogens with two attached hydrogens (primary N) is 1. The van der Waals surface area contributed by atoms with Crippen molar-refractivity contribution in [1.82, 2.24) is 0 Å². The number of halogens is 1. The van der Waals surface area contributed by atoms with Crippen LogP contribution in [-0.2, 0) is 4.74 Å². The number of primary amides is 1. The smallest absolute Gasteiger partial charge is 0.405 e. The van der Waals surface area contributed by atoms with Crippen molar-refractivity contribution >= 4 is 6.09 Å². The van der Waals surface area contributed by atoms with Gasteiger partial charge < -0.3 is 38.9 Å². The van der Waals surface area contributed by atoms with Crippen molar-refractivity contribution in [3.05, 3.63) is 0 Å². The molecular formula is C10H19IN2O2. The maximum absolute atomic E-state index is 10.2. The van der Waals surface area contributed by atoms with Crippen molar-refractivity contribution in [2.45, 2.75) is 13.8 Å². The van der Waals surface area contributed by atoms with Gasteiger partial charge in [0.2, 0.25) is 0 Å². The normalized spacial score (nSPS) is 9.53. The van der Waals surface area contributed by atoms with Gasteiger partial charge in [0.25, 0.3) is 0 Å². The highest BCUT2D eigenvalue weighted by Crippen LogP contribution is 1.98. The molecule has 0 radical (unpaired) electrons. The van der Waals surface area contributed by atoms with E-state index in [1.54, 1.807) is 0 Å². The summed E-state index contributed by atoms with van der Waals surface area (Å²) in [4.78, 5) is 10.2. The lowest BCUT2D eigenvalue weighted by molar-refractivity contribution is -0.899. The van der Waals surface area contributed by atoms with Crippen molar-refractivity contribution in [2.75, 3.05) is 33.3 Å². The summed E-state index contributed by atoms with van der Waals surface area (Å²) in [5.74, 6) is 5.72. The van der Waals surface area contributed by atoms with Gasteiger partial charge in [0, 0.05) is 0 Å². The van der Waals surface area contributed by atoms with E-state index in [1.807, 2.05) is 0 Å². The molecule has 0 spiro atoms. The van der Waals surface area contributed by atoms with Crippen molar-refractivity contribution in [3.63, 3.8) is 0 Å². The van der Waals surface area contributed by atoms with Crippen molar-refractivity contribution in [2.24, 2.45) is 5.73 Å². The topological polar surface area (TPSA) is 52.3 Å². The summed E-state index contributed by atoms with van der Waals surface area (Å²) in [7, 11) is 2.14. The molecule has 0 aromatic carbocycles. The van der Waals surface area contributed by atoms with E-state index < -0.39 is 6.09 Å². The summed E-state index contributed by atoms with van der Waals surface area (Å²) in [6, 6.07) is 0. The van der Waals surface area contributed by atoms with Gasteiger partial charge in [-0.15, -0.1) is 0 Å². The Morgan fingerprint density at radius 3 is 2.27 bits per heavy atom. The van der Waals surface area contributed by atoms with Crippen molar-refractivity contribution < 1.29 is 38.0 Å². The van der Waals surface area contributed by atoms with Gasteiger partial charge in [-0.3, -0.25) is 0 Å². The minimum atomic E-state index is -0.775. The number of quaternary nitrogens is 1. The Kier molecular flexibility index (Phi) is 9.93. The maximum atomic E-state index is 10.2. The molecule has 88 valence electrons. The maximum Gasteiger partial charge on any atom is 0.405 e. The van der Waals surface area contributed by atoms with Crippen molar-refractivity contribution in [1.29, 1.82) is 0 Å². The Labute approximate surface area is 109 Å². The van der Waals surface area contributed by atoms with E-state index in [1.165, 1.54) is 0 Å². The summed E-state index contributed by atoms with van der Waals surface area (Å²) in [6.07, 6.45) is -0.775. The number of ether oxygens (including phenoxy) is 1. The van der Waals surface area contributed by atoms with Gasteiger partial charge in [-0.05, 0) is 19.8 Å². The molecule has 0 aliphatic rings. The summed E-state index contributed by atoms with van der Waals surface area (Å²) in [6.45, 7) is 7.21. The highest BCUT2D eigenvalue weighted by atomic mass is 127. The number of carbonyl (C=O) groups excluding carboxylic acids is 1. The minimum Gasteiger partial charge on any atom is -1.00 e. The molecule has 2 N–H and O–H groups in total. The molecule has 0 aliphatic carbocycles. The molecule has 0 saturated heterocycles. The van der Waals surface area contributed by atoms with Crippen LogP contribution in [0.4, 0.5) is 4.79 Å². The summed E-state index contributed by atoms with van der Waals surface area (Å²) in [5, 5.41) is 0. The monoisotopic (exact) mass is 326 g/mol. The van der Waals surface area contributed by atoms with Crippen LogP contribution in [0.2, 0.25) is 0 Å². The zero-order valence-electron chi connectivity index (χ0n) is 9.55. The lowest BCUT2D eigenvalue weighted by Crippen LogP contribution is -3.00. The van der Waals surface area contributed by atoms with Gasteiger partial charge in [0.05, 0.1) is 20.1 Å². The third kappa shape index (κ3) is 8.51. The SMILES string of the molecule is CC[N+](C)(CC)CC#CCOC(N)=O.[I-]. The lowest BCUT2D eigenvalue weighted by atomic mass is 10.4. The number of rotatable bonds is 4. The molecule has 15 heavy (non-hydrogen) atoms. The molecule has 0 aliphatic heterocycles. The second-order valence-electron chi connectivity index (χ2n) is 3.37. The van der Waals surface area contributed by atoms with Crippen LogP contribution >= 0.6 is 0 Å². The van der Waals surface area contributed by atoms with E-state index >= 15 is 0 Å². The van der Waals surface area contributed by atoms with E-state index in [4.69, 9.17) is 5.73 Å². The molecule has 4 nitrogen and oxygen atoms in total. The third-order valence-corrected chi connectivity index (χ3v) is 2.40. The van der Waals surface area contributed by atoms with Crippen LogP contribution in [-0.4, -0.2) is 43.9 Å². The van der Waals surface area contributed by atoms with E-state index in [0.29, 0.717) is 0 Å². The number of hydrogen-bond donors (Lipinski definition) is 1. The molecule has 0 atom stereocenters. The van der Waals surface area contributed by atoms with Gasteiger partial charge in [0.15, 0.2) is 6.61 Å². The molecule has 0 bridgehead atoms. The van der Waals surface area contributed by atoms with Crippen LogP contribution in [0.3, 0.4) is 0 Å². The fourth-order valence-corrected chi connectivity index (χ4v) is 0.852. The number of nitrogens with zero attached hydrogens (tertiary/aromatic N) is 1. The molecule has 1 amide bonds. The largest absolute Gasteiger partial charge is 1.00 e. The predicted octanol–water partition coefficient (Wildman–Crippen LogP) is -2.42. The zero-order chi connectivity index (χ0) is 11.0. The van der Waals surface area contributed by atoms with Crippen LogP contribution in [0.5, 0.6) is 0 Å². The molecule has 0 aromatic rings. The van der Waals surface area contributed by atoms with E-state index in [-0.39, 0.29) is 30.6 Å². The van der Waals surface area contributed by atoms with Gasteiger partial charge >= 0.3 is 6.09 Å². The van der Waals surface area contributed by atoms with Crippen molar-refractivity contribution in [3.8, 4) is 11.8 Å². The Morgan fingerprint density at radius 1 is 1.33 bits per heavy atom. The first-order chi connectivity index (χ1) is 6.54. The molecule has 0 aromatic heterocycles. The minimum absolute atomic E-state index is 0. The van der Waals surface area contributed by atoms with E-state index in [9.17, 15) is 4.79 Å². The van der Waals surface area contributed by atoms with Gasteiger partial charge in [-0.1, -0.05) is 5.92 Å². The molecule has 0 rings (SSSR count). The Morgan fingerprint density at radius 2 is 1.87 bits per heavy atom.